The molecule has 2 aliphatic heterocycles. The fourth-order valence-electron chi connectivity index (χ4n) is 4.87. The second kappa shape index (κ2) is 10.9. The highest BCUT2D eigenvalue weighted by atomic mass is 35.5. The third kappa shape index (κ3) is 5.52. The first-order chi connectivity index (χ1) is 17.5. The molecule has 0 amide bonds. The van der Waals surface area contributed by atoms with E-state index in [2.05, 4.69) is 73.6 Å². The van der Waals surface area contributed by atoms with Crippen molar-refractivity contribution in [3.63, 3.8) is 0 Å². The molecule has 2 aromatic heterocycles. The lowest BCUT2D eigenvalue weighted by Crippen LogP contribution is -2.46. The number of nitrogens with zero attached hydrogens (tertiary/aromatic N) is 5. The number of aliphatic hydroxyl groups is 1. The first kappa shape index (κ1) is 24.7. The van der Waals surface area contributed by atoms with Crippen molar-refractivity contribution >= 4 is 45.8 Å². The number of aliphatic hydroxyl groups excluding tert-OH is 1. The van der Waals surface area contributed by atoms with E-state index in [0.717, 1.165) is 56.6 Å². The molecule has 0 spiro atoms. The molecule has 1 aromatic carbocycles. The summed E-state index contributed by atoms with van der Waals surface area (Å²) in [6.07, 6.45) is 2.90. The number of anilines is 4. The number of aromatic amines is 1. The van der Waals surface area contributed by atoms with E-state index in [9.17, 15) is 5.11 Å². The zero-order chi connectivity index (χ0) is 25.1. The standard InChI is InChI=1S/C26H33ClN8O/c1-3-5-22(36)35-11-4-6-19(17-35)29-25-23-21(27)16-28-24(23)31-26(32-25)30-18-7-9-20(10-8-18)34-14-12-33(2)13-15-34/h7-10,16,19,22,36H,4,6,11-15,17H2,1-2H3,(H3,28,29,30,31,32)/t19-,22?/m1/s1. The number of aromatic nitrogens is 3. The highest BCUT2D eigenvalue weighted by molar-refractivity contribution is 6.36. The van der Waals surface area contributed by atoms with Crippen LogP contribution in [-0.4, -0.2) is 88.4 Å². The van der Waals surface area contributed by atoms with Gasteiger partial charge >= 0.3 is 0 Å². The molecule has 1 unspecified atom stereocenters. The zero-order valence-electron chi connectivity index (χ0n) is 20.8. The van der Waals surface area contributed by atoms with E-state index in [0.29, 0.717) is 29.0 Å². The van der Waals surface area contributed by atoms with Gasteiger partial charge in [-0.3, -0.25) is 4.90 Å². The first-order valence-corrected chi connectivity index (χ1v) is 12.8. The lowest BCUT2D eigenvalue weighted by Gasteiger charge is -2.34. The molecule has 0 aliphatic carbocycles. The smallest absolute Gasteiger partial charge is 0.231 e. The van der Waals surface area contributed by atoms with Crippen molar-refractivity contribution in [3.05, 3.63) is 35.5 Å². The van der Waals surface area contributed by atoms with E-state index in [-0.39, 0.29) is 6.04 Å². The van der Waals surface area contributed by atoms with E-state index in [1.54, 1.807) is 13.1 Å². The summed E-state index contributed by atoms with van der Waals surface area (Å²) in [4.78, 5) is 19.3. The van der Waals surface area contributed by atoms with Crippen LogP contribution in [0.25, 0.3) is 11.0 Å². The minimum atomic E-state index is -0.757. The Kier molecular flexibility index (Phi) is 7.48. The lowest BCUT2D eigenvalue weighted by molar-refractivity contribution is 0.0319. The molecule has 2 fully saturated rings. The number of piperazine rings is 1. The van der Waals surface area contributed by atoms with Gasteiger partial charge in [0.15, 0.2) is 6.23 Å². The number of likely N-dealkylation sites (tertiary alicyclic amines) is 1. The van der Waals surface area contributed by atoms with Gasteiger partial charge in [-0.1, -0.05) is 17.5 Å². The highest BCUT2D eigenvalue weighted by Gasteiger charge is 2.25. The number of halogens is 1. The molecule has 5 rings (SSSR count). The number of nitrogens with one attached hydrogen (secondary N) is 3. The van der Waals surface area contributed by atoms with Crippen LogP contribution in [0.1, 0.15) is 19.8 Å². The van der Waals surface area contributed by atoms with Crippen LogP contribution in [-0.2, 0) is 0 Å². The monoisotopic (exact) mass is 508 g/mol. The van der Waals surface area contributed by atoms with Crippen molar-refractivity contribution in [1.29, 1.82) is 0 Å². The van der Waals surface area contributed by atoms with Gasteiger partial charge in [0, 0.05) is 62.9 Å². The molecule has 2 aliphatic rings. The number of hydrogen-bond acceptors (Lipinski definition) is 8. The number of likely N-dealkylation sites (N-methyl/N-ethyl adjacent to an activating group) is 1. The molecule has 36 heavy (non-hydrogen) atoms. The highest BCUT2D eigenvalue weighted by Crippen LogP contribution is 2.31. The quantitative estimate of drug-likeness (QED) is 0.377. The Morgan fingerprint density at radius 1 is 1.14 bits per heavy atom. The third-order valence-corrected chi connectivity index (χ3v) is 7.19. The summed E-state index contributed by atoms with van der Waals surface area (Å²) in [5.74, 6) is 6.79. The zero-order valence-corrected chi connectivity index (χ0v) is 21.5. The van der Waals surface area contributed by atoms with Gasteiger partial charge in [0.25, 0.3) is 0 Å². The first-order valence-electron chi connectivity index (χ1n) is 12.5. The number of H-pyrrole nitrogens is 1. The predicted octanol–water partition coefficient (Wildman–Crippen LogP) is 3.32. The summed E-state index contributed by atoms with van der Waals surface area (Å²) >= 11 is 6.48. The van der Waals surface area contributed by atoms with Crippen LogP contribution in [0.2, 0.25) is 5.02 Å². The molecule has 4 N–H and O–H groups in total. The van der Waals surface area contributed by atoms with Crippen LogP contribution in [0.15, 0.2) is 30.5 Å². The number of rotatable bonds is 6. The fraction of sp³-hybridized carbons (Fsp3) is 0.462. The second-order valence-electron chi connectivity index (χ2n) is 9.46. The van der Waals surface area contributed by atoms with Crippen molar-refractivity contribution in [2.45, 2.75) is 32.0 Å². The van der Waals surface area contributed by atoms with Crippen LogP contribution in [0.4, 0.5) is 23.1 Å². The van der Waals surface area contributed by atoms with Gasteiger partial charge in [0.2, 0.25) is 5.95 Å². The molecule has 190 valence electrons. The minimum Gasteiger partial charge on any atom is -0.369 e. The van der Waals surface area contributed by atoms with Crippen LogP contribution in [0.5, 0.6) is 0 Å². The van der Waals surface area contributed by atoms with E-state index >= 15 is 0 Å². The minimum absolute atomic E-state index is 0.104. The van der Waals surface area contributed by atoms with Crippen molar-refractivity contribution in [2.75, 3.05) is 61.8 Å². The van der Waals surface area contributed by atoms with Crippen LogP contribution < -0.4 is 15.5 Å². The van der Waals surface area contributed by atoms with Crippen LogP contribution in [0.3, 0.4) is 0 Å². The van der Waals surface area contributed by atoms with Crippen molar-refractivity contribution in [3.8, 4) is 11.8 Å². The summed E-state index contributed by atoms with van der Waals surface area (Å²) in [5.41, 5.74) is 2.81. The van der Waals surface area contributed by atoms with Crippen molar-refractivity contribution in [1.82, 2.24) is 24.8 Å². The number of fused-ring (bicyclic) bond motifs is 1. The molecule has 10 heteroatoms. The molecule has 3 aromatic rings. The maximum Gasteiger partial charge on any atom is 0.231 e. The Balaban J connectivity index is 1.33. The van der Waals surface area contributed by atoms with Gasteiger partial charge in [-0.25, -0.2) is 0 Å². The summed E-state index contributed by atoms with van der Waals surface area (Å²) in [6, 6.07) is 8.50. The molecule has 0 radical (unpaired) electrons. The van der Waals surface area contributed by atoms with Gasteiger partial charge in [-0.15, -0.1) is 5.92 Å². The maximum atomic E-state index is 10.3. The van der Waals surface area contributed by atoms with Gasteiger partial charge in [-0.2, -0.15) is 9.97 Å². The SMILES string of the molecule is CC#CC(O)N1CCC[C@@H](Nc2nc(Nc3ccc(N4CCN(C)CC4)cc3)nc3[nH]cc(Cl)c23)C1. The summed E-state index contributed by atoms with van der Waals surface area (Å²) in [7, 11) is 2.16. The number of benzene rings is 1. The van der Waals surface area contributed by atoms with Crippen LogP contribution in [0, 0.1) is 11.8 Å². The van der Waals surface area contributed by atoms with Gasteiger partial charge in [0.05, 0.1) is 10.4 Å². The molecule has 2 saturated heterocycles. The maximum absolute atomic E-state index is 10.3. The molecule has 2 atom stereocenters. The third-order valence-electron chi connectivity index (χ3n) is 6.89. The number of hydrogen-bond donors (Lipinski definition) is 4. The van der Waals surface area contributed by atoms with E-state index < -0.39 is 6.23 Å². The van der Waals surface area contributed by atoms with E-state index in [1.807, 2.05) is 4.90 Å². The molecule has 0 saturated carbocycles. The number of piperidine rings is 1. The van der Waals surface area contributed by atoms with Gasteiger partial charge < -0.3 is 30.5 Å². The predicted molar refractivity (Wildman–Crippen MR) is 146 cm³/mol. The van der Waals surface area contributed by atoms with Crippen molar-refractivity contribution in [2.24, 2.45) is 0 Å². The molecule has 0 bridgehead atoms. The normalized spacial score (nSPS) is 20.1. The van der Waals surface area contributed by atoms with Gasteiger partial charge in [-0.05, 0) is 51.1 Å². The summed E-state index contributed by atoms with van der Waals surface area (Å²) < 4.78 is 0. The average Bonchev–Trinajstić information content (AvgIpc) is 3.26. The van der Waals surface area contributed by atoms with E-state index in [4.69, 9.17) is 16.6 Å². The molecule has 4 heterocycles. The summed E-state index contributed by atoms with van der Waals surface area (Å²) in [5, 5.41) is 18.5. The average molecular weight is 509 g/mol. The Labute approximate surface area is 216 Å². The molecular formula is C26H33ClN8O. The van der Waals surface area contributed by atoms with Crippen LogP contribution >= 0.6 is 11.6 Å². The van der Waals surface area contributed by atoms with E-state index in [1.165, 1.54) is 5.69 Å². The topological polar surface area (TPSA) is 95.6 Å². The Morgan fingerprint density at radius 3 is 2.67 bits per heavy atom. The lowest BCUT2D eigenvalue weighted by atomic mass is 10.1. The van der Waals surface area contributed by atoms with Crippen molar-refractivity contribution < 1.29 is 5.11 Å². The second-order valence-corrected chi connectivity index (χ2v) is 9.87. The molecule has 9 nitrogen and oxygen atoms in total. The molecular weight excluding hydrogens is 476 g/mol. The Bertz CT molecular complexity index is 1240. The Morgan fingerprint density at radius 2 is 1.92 bits per heavy atom. The van der Waals surface area contributed by atoms with Gasteiger partial charge in [0.1, 0.15) is 11.5 Å². The summed E-state index contributed by atoms with van der Waals surface area (Å²) in [6.45, 7) is 7.44. The largest absolute Gasteiger partial charge is 0.369 e. The fourth-order valence-corrected chi connectivity index (χ4v) is 5.10. The Hall–Kier alpha value is -3.03.